The van der Waals surface area contributed by atoms with Gasteiger partial charge in [-0.15, -0.1) is 10.2 Å². The molecule has 2 saturated heterocycles. The first-order valence-corrected chi connectivity index (χ1v) is 18.1. The number of hydrogen-bond acceptors (Lipinski definition) is 10. The molecule has 274 valence electrons. The topological polar surface area (TPSA) is 207 Å². The second kappa shape index (κ2) is 13.2. The van der Waals surface area contributed by atoms with Gasteiger partial charge in [-0.2, -0.15) is 0 Å². The monoisotopic (exact) mass is 727 g/mol. The van der Waals surface area contributed by atoms with Crippen LogP contribution in [0.3, 0.4) is 0 Å². The molecule has 5 aliphatic rings. The zero-order chi connectivity index (χ0) is 37.1. The third-order valence-electron chi connectivity index (χ3n) is 10.9. The lowest BCUT2D eigenvalue weighted by molar-refractivity contribution is -0.119. The number of aromatic carboxylic acids is 1. The summed E-state index contributed by atoms with van der Waals surface area (Å²) in [4.78, 5) is 55.8. The van der Waals surface area contributed by atoms with E-state index in [0.29, 0.717) is 30.7 Å². The van der Waals surface area contributed by atoms with Crippen LogP contribution >= 0.6 is 0 Å². The number of amides is 3. The van der Waals surface area contributed by atoms with Gasteiger partial charge in [-0.1, -0.05) is 40.8 Å². The number of pyridine rings is 1. The molecule has 3 amide bonds. The zero-order valence-electron chi connectivity index (χ0n) is 29.2. The second-order valence-electron chi connectivity index (χ2n) is 14.7. The van der Waals surface area contributed by atoms with Crippen LogP contribution in [0, 0.1) is 23.7 Å². The molecule has 5 heterocycles. The predicted octanol–water partition coefficient (Wildman–Crippen LogP) is 2.71. The van der Waals surface area contributed by atoms with E-state index in [2.05, 4.69) is 30.9 Å². The number of carbonyl (C=O) groups is 4. The fourth-order valence-corrected chi connectivity index (χ4v) is 7.77. The van der Waals surface area contributed by atoms with Crippen molar-refractivity contribution in [3.63, 3.8) is 0 Å². The highest BCUT2D eigenvalue weighted by Gasteiger charge is 2.53. The fourth-order valence-electron chi connectivity index (χ4n) is 7.77. The van der Waals surface area contributed by atoms with Gasteiger partial charge in [0.05, 0.1) is 31.5 Å². The Balaban J connectivity index is 0.000000153. The lowest BCUT2D eigenvalue weighted by atomic mass is 10.1. The number of carboxylic acid groups (broad SMARTS) is 1. The Labute approximate surface area is 309 Å². The summed E-state index contributed by atoms with van der Waals surface area (Å²) in [5.74, 6) is 1.24. The Hall–Kier alpha value is -6.45. The van der Waals surface area contributed by atoms with Crippen molar-refractivity contribution in [3.05, 3.63) is 107 Å². The summed E-state index contributed by atoms with van der Waals surface area (Å²) in [6.07, 6.45) is 6.73. The minimum absolute atomic E-state index is 0.0708. The van der Waals surface area contributed by atoms with Gasteiger partial charge in [0.25, 0.3) is 5.91 Å². The summed E-state index contributed by atoms with van der Waals surface area (Å²) in [6.45, 7) is 2.60. The van der Waals surface area contributed by atoms with Crippen LogP contribution in [0.1, 0.15) is 68.7 Å². The van der Waals surface area contributed by atoms with Gasteiger partial charge in [-0.25, -0.2) is 19.1 Å². The first-order chi connectivity index (χ1) is 26.2. The maximum atomic E-state index is 12.7. The van der Waals surface area contributed by atoms with Crippen LogP contribution in [-0.2, 0) is 29.1 Å². The van der Waals surface area contributed by atoms with E-state index in [-0.39, 0.29) is 47.0 Å². The van der Waals surface area contributed by atoms with Crippen molar-refractivity contribution in [2.75, 3.05) is 28.6 Å². The van der Waals surface area contributed by atoms with Crippen LogP contribution in [0.25, 0.3) is 0 Å². The van der Waals surface area contributed by atoms with E-state index in [1.165, 1.54) is 10.9 Å². The summed E-state index contributed by atoms with van der Waals surface area (Å²) in [5, 5.41) is 27.3. The van der Waals surface area contributed by atoms with E-state index in [0.717, 1.165) is 72.5 Å². The number of piperidine rings is 2. The van der Waals surface area contributed by atoms with Crippen LogP contribution < -0.4 is 20.9 Å². The molecule has 54 heavy (non-hydrogen) atoms. The maximum absolute atomic E-state index is 12.7. The molecule has 10 rings (SSSR count). The average Bonchev–Trinajstić information content (AvgIpc) is 3.73. The molecule has 4 fully saturated rings. The number of carbonyl (C=O) groups excluding carboxylic acids is 3. The van der Waals surface area contributed by atoms with Gasteiger partial charge < -0.3 is 26.0 Å². The number of nitrogens with one attached hydrogen (secondary N) is 1. The van der Waals surface area contributed by atoms with Gasteiger partial charge in [0.1, 0.15) is 5.82 Å². The van der Waals surface area contributed by atoms with E-state index in [9.17, 15) is 19.2 Å². The maximum Gasteiger partial charge on any atom is 0.358 e. The first kappa shape index (κ1) is 33.4. The Morgan fingerprint density at radius 2 is 1.30 bits per heavy atom. The van der Waals surface area contributed by atoms with Crippen molar-refractivity contribution in [1.82, 2.24) is 40.3 Å². The van der Waals surface area contributed by atoms with Crippen molar-refractivity contribution >= 4 is 40.9 Å². The molecule has 0 spiro atoms. The normalized spacial score (nSPS) is 23.0. The van der Waals surface area contributed by atoms with Gasteiger partial charge in [0.2, 0.25) is 11.8 Å². The van der Waals surface area contributed by atoms with E-state index in [1.807, 2.05) is 64.4 Å². The molecule has 3 aliphatic carbocycles. The number of carboxylic acids is 1. The smallest absolute Gasteiger partial charge is 0.358 e. The second-order valence-corrected chi connectivity index (χ2v) is 14.7. The number of aryl methyl sites for hydroxylation is 1. The quantitative estimate of drug-likeness (QED) is 0.201. The summed E-state index contributed by atoms with van der Waals surface area (Å²) in [5.41, 5.74) is 11.8. The molecular weight excluding hydrogens is 690 g/mol. The molecule has 2 aliphatic heterocycles. The first-order valence-electron chi connectivity index (χ1n) is 18.1. The molecule has 2 aromatic carbocycles. The summed E-state index contributed by atoms with van der Waals surface area (Å²) in [7, 11) is 0. The van der Waals surface area contributed by atoms with Gasteiger partial charge >= 0.3 is 5.97 Å². The third kappa shape index (κ3) is 6.54. The van der Waals surface area contributed by atoms with Crippen molar-refractivity contribution in [3.8, 4) is 0 Å². The van der Waals surface area contributed by atoms with Crippen molar-refractivity contribution in [2.45, 2.75) is 44.8 Å². The van der Waals surface area contributed by atoms with Crippen molar-refractivity contribution in [2.24, 2.45) is 23.7 Å². The van der Waals surface area contributed by atoms with Crippen LogP contribution in [0.2, 0.25) is 0 Å². The number of hydrogen-bond donors (Lipinski definition) is 3. The molecule has 2 saturated carbocycles. The highest BCUT2D eigenvalue weighted by molar-refractivity contribution is 6.00. The molecule has 0 radical (unpaired) electrons. The van der Waals surface area contributed by atoms with Gasteiger partial charge in [-0.05, 0) is 84.5 Å². The fraction of sp³-hybridized carbons (Fsp3) is 0.342. The Morgan fingerprint density at radius 3 is 1.80 bits per heavy atom. The summed E-state index contributed by atoms with van der Waals surface area (Å²) < 4.78 is 3.12. The van der Waals surface area contributed by atoms with Gasteiger partial charge in [0, 0.05) is 42.0 Å². The van der Waals surface area contributed by atoms with Crippen LogP contribution in [0.5, 0.6) is 0 Å². The van der Waals surface area contributed by atoms with E-state index in [4.69, 9.17) is 10.8 Å². The number of rotatable bonds is 9. The Bertz CT molecular complexity index is 2280. The Morgan fingerprint density at radius 1 is 0.759 bits per heavy atom. The molecule has 5 unspecified atom stereocenters. The van der Waals surface area contributed by atoms with Gasteiger partial charge in [0.15, 0.2) is 11.4 Å². The molecule has 3 aromatic heterocycles. The number of nitrogens with zero attached hydrogens (tertiary/aromatic N) is 9. The molecule has 5 aromatic rings. The number of nitrogen functional groups attached to an aromatic ring is 1. The molecule has 4 N–H and O–H groups in total. The van der Waals surface area contributed by atoms with Crippen LogP contribution in [0.15, 0.2) is 73.1 Å². The number of aromatic nitrogens is 7. The van der Waals surface area contributed by atoms with Crippen molar-refractivity contribution in [1.29, 1.82) is 0 Å². The lowest BCUT2D eigenvalue weighted by Gasteiger charge is -2.18. The van der Waals surface area contributed by atoms with Gasteiger partial charge in [-0.3, -0.25) is 14.4 Å². The number of benzene rings is 2. The molecule has 5 atom stereocenters. The number of fused-ring (bicyclic) bond motifs is 3. The van der Waals surface area contributed by atoms with E-state index < -0.39 is 5.97 Å². The van der Waals surface area contributed by atoms with Crippen LogP contribution in [-0.4, -0.2) is 76.9 Å². The number of nitrogens with two attached hydrogens (primary N) is 1. The predicted molar refractivity (Wildman–Crippen MR) is 193 cm³/mol. The van der Waals surface area contributed by atoms with E-state index in [1.54, 1.807) is 16.9 Å². The standard InChI is InChI=1S/C23H23N7O2.C15H14N4O3/c24-21-8-5-16-18(25-21)6-7-19(16)26-22(31)20-12-29(28-27-20)10-13-1-3-15(4-2-13)30-11-14-9-17(14)23(30)32;20-14-12-5-10(12)7-19(14)11-3-1-9(2-4-11)6-18-8-13(15(21)22)16-17-18/h1-5,8,12,14,17,19H,6-7,9-11H2,(H2,24,25)(H,26,31);1-4,8,10,12H,5-7H2,(H,21,22). The molecular formula is C38H37N11O5. The lowest BCUT2D eigenvalue weighted by Crippen LogP contribution is -2.27. The number of anilines is 3. The van der Waals surface area contributed by atoms with E-state index >= 15 is 0 Å². The minimum atomic E-state index is -1.09. The Kier molecular flexibility index (Phi) is 8.16. The molecule has 16 nitrogen and oxygen atoms in total. The van der Waals surface area contributed by atoms with Crippen molar-refractivity contribution < 1.29 is 24.3 Å². The minimum Gasteiger partial charge on any atom is -0.476 e. The summed E-state index contributed by atoms with van der Waals surface area (Å²) in [6, 6.07) is 19.2. The summed E-state index contributed by atoms with van der Waals surface area (Å²) >= 11 is 0. The van der Waals surface area contributed by atoms with Crippen LogP contribution in [0.4, 0.5) is 17.2 Å². The molecule has 0 bridgehead atoms. The third-order valence-corrected chi connectivity index (χ3v) is 10.9. The average molecular weight is 728 g/mol. The zero-order valence-corrected chi connectivity index (χ0v) is 29.2. The highest BCUT2D eigenvalue weighted by Crippen LogP contribution is 2.48. The SMILES string of the molecule is Nc1ccc2c(n1)CCC2NC(=O)c1cn(Cc2ccc(N3CC4CC4C3=O)cc2)nn1.O=C(O)c1cn(Cc2ccc(N3CC4CC4C3=O)cc2)nn1. The largest absolute Gasteiger partial charge is 0.476 e. The highest BCUT2D eigenvalue weighted by atomic mass is 16.4. The molecule has 16 heteroatoms.